The van der Waals surface area contributed by atoms with Crippen LogP contribution in [-0.2, 0) is 16.1 Å². The predicted octanol–water partition coefficient (Wildman–Crippen LogP) is 1.04. The first-order chi connectivity index (χ1) is 7.18. The van der Waals surface area contributed by atoms with Gasteiger partial charge in [-0.05, 0) is 18.6 Å². The maximum absolute atomic E-state index is 11.4. The van der Waals surface area contributed by atoms with Gasteiger partial charge in [0.25, 0.3) is 0 Å². The van der Waals surface area contributed by atoms with Crippen molar-refractivity contribution in [2.24, 2.45) is 0 Å². The van der Waals surface area contributed by atoms with Crippen LogP contribution in [0.2, 0.25) is 0 Å². The molecule has 0 N–H and O–H groups in total. The molecule has 0 radical (unpaired) electrons. The maximum atomic E-state index is 11.4. The second-order valence-electron chi connectivity index (χ2n) is 3.62. The smallest absolute Gasteiger partial charge is 0.229 e. The molecule has 4 heteroatoms. The second kappa shape index (κ2) is 3.81. The summed E-state index contributed by atoms with van der Waals surface area (Å²) in [6.45, 7) is 2.23. The van der Waals surface area contributed by atoms with Gasteiger partial charge in [0.05, 0.1) is 6.54 Å². The third-order valence-electron chi connectivity index (χ3n) is 2.60. The van der Waals surface area contributed by atoms with E-state index in [4.69, 9.17) is 0 Å². The molecule has 1 aromatic rings. The van der Waals surface area contributed by atoms with Crippen molar-refractivity contribution in [2.75, 3.05) is 0 Å². The number of rotatable bonds is 2. The number of likely N-dealkylation sites (tertiary alicyclic amines) is 1. The van der Waals surface area contributed by atoms with Gasteiger partial charge in [-0.25, -0.2) is 0 Å². The van der Waals surface area contributed by atoms with Gasteiger partial charge in [-0.15, -0.1) is 0 Å². The Hall–Kier alpha value is -1.71. The molecule has 15 heavy (non-hydrogen) atoms. The van der Waals surface area contributed by atoms with Crippen molar-refractivity contribution >= 4 is 11.8 Å². The third kappa shape index (κ3) is 1.88. The average Bonchev–Trinajstić information content (AvgIpc) is 2.53. The van der Waals surface area contributed by atoms with E-state index in [2.05, 4.69) is 4.98 Å². The molecular formula is C11H12N2O2. The molecule has 1 aliphatic heterocycles. The monoisotopic (exact) mass is 204 g/mol. The summed E-state index contributed by atoms with van der Waals surface area (Å²) in [5.74, 6) is -0.161. The Morgan fingerprint density at radius 2 is 2.00 bits per heavy atom. The van der Waals surface area contributed by atoms with Crippen molar-refractivity contribution in [3.63, 3.8) is 0 Å². The van der Waals surface area contributed by atoms with E-state index < -0.39 is 0 Å². The summed E-state index contributed by atoms with van der Waals surface area (Å²) in [7, 11) is 0. The lowest BCUT2D eigenvalue weighted by Gasteiger charge is -2.14. The molecule has 0 spiro atoms. The summed E-state index contributed by atoms with van der Waals surface area (Å²) in [4.78, 5) is 28.2. The standard InChI is InChI=1S/C11H12N2O2/c1-8-9(3-2-6-12-8)7-13-10(14)4-5-11(13)15/h2-3,6H,4-5,7H2,1H3. The fourth-order valence-corrected chi connectivity index (χ4v) is 1.65. The van der Waals surface area contributed by atoms with Gasteiger partial charge < -0.3 is 0 Å². The van der Waals surface area contributed by atoms with E-state index in [1.807, 2.05) is 19.1 Å². The molecule has 0 bridgehead atoms. The first-order valence-corrected chi connectivity index (χ1v) is 4.92. The Morgan fingerprint density at radius 1 is 1.33 bits per heavy atom. The summed E-state index contributed by atoms with van der Waals surface area (Å²) in [6.07, 6.45) is 2.39. The van der Waals surface area contributed by atoms with Gasteiger partial charge in [-0.2, -0.15) is 0 Å². The number of amides is 2. The van der Waals surface area contributed by atoms with Gasteiger partial charge in [-0.1, -0.05) is 6.07 Å². The molecule has 1 aromatic heterocycles. The lowest BCUT2D eigenvalue weighted by Crippen LogP contribution is -2.28. The number of carbonyl (C=O) groups excluding carboxylic acids is 2. The van der Waals surface area contributed by atoms with Crippen LogP contribution in [0.4, 0.5) is 0 Å². The number of hydrogen-bond acceptors (Lipinski definition) is 3. The molecule has 1 saturated heterocycles. The summed E-state index contributed by atoms with van der Waals surface area (Å²) < 4.78 is 0. The van der Waals surface area contributed by atoms with Crippen LogP contribution in [0.5, 0.6) is 0 Å². The molecule has 0 unspecified atom stereocenters. The molecule has 0 saturated carbocycles. The lowest BCUT2D eigenvalue weighted by molar-refractivity contribution is -0.139. The fraction of sp³-hybridized carbons (Fsp3) is 0.364. The van der Waals surface area contributed by atoms with Crippen LogP contribution in [0.3, 0.4) is 0 Å². The van der Waals surface area contributed by atoms with Crippen LogP contribution < -0.4 is 0 Å². The van der Waals surface area contributed by atoms with Crippen LogP contribution in [-0.4, -0.2) is 21.7 Å². The van der Waals surface area contributed by atoms with Crippen molar-refractivity contribution in [2.45, 2.75) is 26.3 Å². The van der Waals surface area contributed by atoms with Crippen LogP contribution in [0.1, 0.15) is 24.1 Å². The molecular weight excluding hydrogens is 192 g/mol. The Morgan fingerprint density at radius 3 is 2.60 bits per heavy atom. The van der Waals surface area contributed by atoms with Crippen molar-refractivity contribution in [3.05, 3.63) is 29.6 Å². The van der Waals surface area contributed by atoms with Gasteiger partial charge in [0, 0.05) is 24.7 Å². The summed E-state index contributed by atoms with van der Waals surface area (Å²) in [5.41, 5.74) is 1.80. The van der Waals surface area contributed by atoms with Gasteiger partial charge in [0.2, 0.25) is 11.8 Å². The van der Waals surface area contributed by atoms with E-state index in [1.165, 1.54) is 4.90 Å². The first kappa shape index (κ1) is 9.83. The number of imide groups is 1. The minimum atomic E-state index is -0.0803. The Kier molecular flexibility index (Phi) is 2.49. The zero-order chi connectivity index (χ0) is 10.8. The van der Waals surface area contributed by atoms with Crippen molar-refractivity contribution in [1.29, 1.82) is 0 Å². The highest BCUT2D eigenvalue weighted by atomic mass is 16.2. The van der Waals surface area contributed by atoms with Crippen molar-refractivity contribution < 1.29 is 9.59 Å². The average molecular weight is 204 g/mol. The van der Waals surface area contributed by atoms with Gasteiger partial charge in [0.1, 0.15) is 0 Å². The molecule has 78 valence electrons. The molecule has 2 rings (SSSR count). The van der Waals surface area contributed by atoms with Crippen LogP contribution >= 0.6 is 0 Å². The highest BCUT2D eigenvalue weighted by Crippen LogP contribution is 2.16. The maximum Gasteiger partial charge on any atom is 0.229 e. The minimum Gasteiger partial charge on any atom is -0.278 e. The van der Waals surface area contributed by atoms with E-state index in [0.29, 0.717) is 19.4 Å². The van der Waals surface area contributed by atoms with Gasteiger partial charge >= 0.3 is 0 Å². The van der Waals surface area contributed by atoms with E-state index in [0.717, 1.165) is 11.3 Å². The molecule has 1 aliphatic rings. The number of aryl methyl sites for hydroxylation is 1. The van der Waals surface area contributed by atoms with Crippen molar-refractivity contribution in [1.82, 2.24) is 9.88 Å². The van der Waals surface area contributed by atoms with E-state index in [9.17, 15) is 9.59 Å². The lowest BCUT2D eigenvalue weighted by atomic mass is 10.2. The zero-order valence-corrected chi connectivity index (χ0v) is 8.56. The zero-order valence-electron chi connectivity index (χ0n) is 8.56. The van der Waals surface area contributed by atoms with E-state index in [1.54, 1.807) is 6.20 Å². The van der Waals surface area contributed by atoms with Crippen LogP contribution in [0, 0.1) is 6.92 Å². The molecule has 4 nitrogen and oxygen atoms in total. The SMILES string of the molecule is Cc1ncccc1CN1C(=O)CCC1=O. The fourth-order valence-electron chi connectivity index (χ4n) is 1.65. The highest BCUT2D eigenvalue weighted by molar-refractivity contribution is 6.01. The topological polar surface area (TPSA) is 50.3 Å². The minimum absolute atomic E-state index is 0.0803. The van der Waals surface area contributed by atoms with E-state index in [-0.39, 0.29) is 11.8 Å². The predicted molar refractivity (Wildman–Crippen MR) is 53.8 cm³/mol. The molecule has 0 atom stereocenters. The number of pyridine rings is 1. The Bertz CT molecular complexity index is 399. The number of carbonyl (C=O) groups is 2. The van der Waals surface area contributed by atoms with Crippen molar-refractivity contribution in [3.8, 4) is 0 Å². The molecule has 1 fully saturated rings. The molecule has 2 heterocycles. The number of nitrogens with zero attached hydrogens (tertiary/aromatic N) is 2. The number of aromatic nitrogens is 1. The summed E-state index contributed by atoms with van der Waals surface area (Å²) in [6, 6.07) is 3.70. The summed E-state index contributed by atoms with van der Waals surface area (Å²) in [5, 5.41) is 0. The van der Waals surface area contributed by atoms with E-state index >= 15 is 0 Å². The number of hydrogen-bond donors (Lipinski definition) is 0. The van der Waals surface area contributed by atoms with Crippen LogP contribution in [0.25, 0.3) is 0 Å². The molecule has 0 aliphatic carbocycles. The largest absolute Gasteiger partial charge is 0.278 e. The third-order valence-corrected chi connectivity index (χ3v) is 2.60. The molecule has 0 aromatic carbocycles. The normalized spacial score (nSPS) is 16.2. The van der Waals surface area contributed by atoms with Gasteiger partial charge in [0.15, 0.2) is 0 Å². The Balaban J connectivity index is 2.18. The quantitative estimate of drug-likeness (QED) is 0.676. The Labute approximate surface area is 87.9 Å². The first-order valence-electron chi connectivity index (χ1n) is 4.92. The highest BCUT2D eigenvalue weighted by Gasteiger charge is 2.28. The second-order valence-corrected chi connectivity index (χ2v) is 3.62. The molecule has 2 amide bonds. The van der Waals surface area contributed by atoms with Crippen LogP contribution in [0.15, 0.2) is 18.3 Å². The summed E-state index contributed by atoms with van der Waals surface area (Å²) >= 11 is 0. The van der Waals surface area contributed by atoms with Gasteiger partial charge in [-0.3, -0.25) is 19.5 Å².